The highest BCUT2D eigenvalue weighted by atomic mass is 16.6. The Morgan fingerprint density at radius 1 is 0.690 bits per heavy atom. The minimum Gasteiger partial charge on any atom is -0.455 e. The maximum atomic E-state index is 11.6. The fourth-order valence-corrected chi connectivity index (χ4v) is 6.92. The van der Waals surface area contributed by atoms with Crippen LogP contribution in [-0.4, -0.2) is 70.1 Å². The summed E-state index contributed by atoms with van der Waals surface area (Å²) in [6, 6.07) is 0. The molecule has 0 spiro atoms. The Morgan fingerprint density at radius 2 is 1.19 bits per heavy atom. The molecule has 0 bridgehead atoms. The number of carbonyl (C=O) groups is 1. The molecule has 3 aliphatic heterocycles. The molecular weight excluding hydrogens is 532 g/mol. The maximum absolute atomic E-state index is 11.6. The molecule has 0 aliphatic carbocycles. The maximum Gasteiger partial charge on any atom is 0.334 e. The highest BCUT2D eigenvalue weighted by molar-refractivity contribution is 5.90. The number of carbonyl (C=O) groups excluding carboxylic acids is 1. The molecule has 0 aromatic carbocycles. The highest BCUT2D eigenvalue weighted by Crippen LogP contribution is 2.34. The van der Waals surface area contributed by atoms with E-state index < -0.39 is 12.2 Å². The molecule has 8 atom stereocenters. The summed E-state index contributed by atoms with van der Waals surface area (Å²) >= 11 is 0. The lowest BCUT2D eigenvalue weighted by molar-refractivity contribution is -0.139. The fourth-order valence-electron chi connectivity index (χ4n) is 6.92. The summed E-state index contributed by atoms with van der Waals surface area (Å²) in [4.78, 5) is 11.6. The first kappa shape index (κ1) is 35.5. The SMILES string of the molecule is CCCCCC[C@@H](O)CCC[C@H](O)[C@H]1CC[C@@H]([C@@H]2CC[C@@H]([C@@H](O)CCCCCCCCCCC3=C[C@H](C)OC3=O)O2)O1. The number of aliphatic hydroxyl groups excluding tert-OH is 3. The fraction of sp³-hybridized carbons (Fsp3) is 0.914. The topological polar surface area (TPSA) is 105 Å². The quantitative estimate of drug-likeness (QED) is 0.0858. The molecule has 0 aromatic heterocycles. The molecular formula is C35H62O7. The molecule has 2 fully saturated rings. The normalized spacial score (nSPS) is 28.2. The summed E-state index contributed by atoms with van der Waals surface area (Å²) in [5, 5.41) is 31.6. The second-order valence-corrected chi connectivity index (χ2v) is 13.3. The van der Waals surface area contributed by atoms with E-state index in [1.807, 2.05) is 13.0 Å². The van der Waals surface area contributed by atoms with Gasteiger partial charge in [-0.1, -0.05) is 77.6 Å². The van der Waals surface area contributed by atoms with Crippen molar-refractivity contribution in [3.63, 3.8) is 0 Å². The molecule has 0 saturated carbocycles. The minimum atomic E-state index is -0.482. The van der Waals surface area contributed by atoms with Gasteiger partial charge in [-0.05, 0) is 83.6 Å². The van der Waals surface area contributed by atoms with E-state index in [-0.39, 0.29) is 42.6 Å². The van der Waals surface area contributed by atoms with Crippen LogP contribution >= 0.6 is 0 Å². The van der Waals surface area contributed by atoms with Gasteiger partial charge in [0.15, 0.2) is 0 Å². The van der Waals surface area contributed by atoms with E-state index in [0.29, 0.717) is 6.42 Å². The zero-order valence-electron chi connectivity index (χ0n) is 26.7. The molecule has 0 radical (unpaired) electrons. The van der Waals surface area contributed by atoms with E-state index >= 15 is 0 Å². The van der Waals surface area contributed by atoms with Gasteiger partial charge in [0, 0.05) is 5.57 Å². The summed E-state index contributed by atoms with van der Waals surface area (Å²) < 4.78 is 17.6. The summed E-state index contributed by atoms with van der Waals surface area (Å²) in [7, 11) is 0. The van der Waals surface area contributed by atoms with Gasteiger partial charge in [0.05, 0.1) is 42.7 Å². The summed E-state index contributed by atoms with van der Waals surface area (Å²) in [6.07, 6.45) is 22.8. The van der Waals surface area contributed by atoms with Gasteiger partial charge in [0.25, 0.3) is 0 Å². The summed E-state index contributed by atoms with van der Waals surface area (Å²) in [5.41, 5.74) is 0.851. The number of hydrogen-bond donors (Lipinski definition) is 3. The van der Waals surface area contributed by atoms with Gasteiger partial charge in [-0.2, -0.15) is 0 Å². The predicted molar refractivity (Wildman–Crippen MR) is 166 cm³/mol. The van der Waals surface area contributed by atoms with Crippen LogP contribution < -0.4 is 0 Å². The predicted octanol–water partition coefficient (Wildman–Crippen LogP) is 7.08. The van der Waals surface area contributed by atoms with Crippen LogP contribution in [0.5, 0.6) is 0 Å². The lowest BCUT2D eigenvalue weighted by atomic mass is 9.99. The first-order chi connectivity index (χ1) is 20.4. The van der Waals surface area contributed by atoms with E-state index in [2.05, 4.69) is 6.92 Å². The van der Waals surface area contributed by atoms with Crippen LogP contribution in [0.1, 0.15) is 155 Å². The third-order valence-electron chi connectivity index (χ3n) is 9.56. The number of esters is 1. The molecule has 3 rings (SSSR count). The molecule has 0 unspecified atom stereocenters. The molecule has 7 nitrogen and oxygen atoms in total. The molecule has 3 aliphatic rings. The first-order valence-corrected chi connectivity index (χ1v) is 17.6. The van der Waals surface area contributed by atoms with Gasteiger partial charge in [-0.25, -0.2) is 4.79 Å². The van der Waals surface area contributed by atoms with Gasteiger partial charge in [0.1, 0.15) is 6.10 Å². The van der Waals surface area contributed by atoms with Gasteiger partial charge >= 0.3 is 5.97 Å². The molecule has 0 aromatic rings. The monoisotopic (exact) mass is 594 g/mol. The van der Waals surface area contributed by atoms with Gasteiger partial charge in [0.2, 0.25) is 0 Å². The van der Waals surface area contributed by atoms with E-state index in [4.69, 9.17) is 14.2 Å². The molecule has 7 heteroatoms. The van der Waals surface area contributed by atoms with Gasteiger partial charge in [-0.3, -0.25) is 0 Å². The van der Waals surface area contributed by atoms with Crippen molar-refractivity contribution in [1.82, 2.24) is 0 Å². The third-order valence-corrected chi connectivity index (χ3v) is 9.56. The van der Waals surface area contributed by atoms with Crippen molar-refractivity contribution in [2.24, 2.45) is 0 Å². The van der Waals surface area contributed by atoms with Gasteiger partial charge in [-0.15, -0.1) is 0 Å². The van der Waals surface area contributed by atoms with Crippen molar-refractivity contribution >= 4 is 5.97 Å². The minimum absolute atomic E-state index is 0.0123. The van der Waals surface area contributed by atoms with Crippen LogP contribution in [0.4, 0.5) is 0 Å². The average Bonchev–Trinajstić information content (AvgIpc) is 3.72. The number of rotatable bonds is 23. The summed E-state index contributed by atoms with van der Waals surface area (Å²) in [6.45, 7) is 4.10. The van der Waals surface area contributed by atoms with Crippen LogP contribution in [0.25, 0.3) is 0 Å². The van der Waals surface area contributed by atoms with Crippen molar-refractivity contribution in [3.8, 4) is 0 Å². The molecule has 3 N–H and O–H groups in total. The number of ether oxygens (including phenoxy) is 3. The lowest BCUT2D eigenvalue weighted by Crippen LogP contribution is -2.33. The third kappa shape index (κ3) is 12.9. The Morgan fingerprint density at radius 3 is 1.76 bits per heavy atom. The average molecular weight is 595 g/mol. The standard InChI is InChI=1S/C35H62O7/c1-3-4-5-13-17-28(36)18-15-20-30(38)32-22-24-34(42-32)33-23-21-31(41-33)29(37)19-14-11-9-7-6-8-10-12-16-27-25-26(2)40-35(27)39/h25-26,28-34,36-38H,3-24H2,1-2H3/t26-,28+,29-,30-,31-,32+,33-,34-/m0/s1. The second kappa shape index (κ2) is 20.1. The van der Waals surface area contributed by atoms with Crippen LogP contribution in [0.3, 0.4) is 0 Å². The number of unbranched alkanes of at least 4 members (excludes halogenated alkanes) is 10. The molecule has 0 amide bonds. The Balaban J connectivity index is 1.16. The zero-order chi connectivity index (χ0) is 30.2. The van der Waals surface area contributed by atoms with Crippen LogP contribution in [0.2, 0.25) is 0 Å². The van der Waals surface area contributed by atoms with E-state index in [1.54, 1.807) is 0 Å². The van der Waals surface area contributed by atoms with E-state index in [9.17, 15) is 20.1 Å². The first-order valence-electron chi connectivity index (χ1n) is 17.6. The van der Waals surface area contributed by atoms with Crippen LogP contribution in [0, 0.1) is 0 Å². The smallest absolute Gasteiger partial charge is 0.334 e. The second-order valence-electron chi connectivity index (χ2n) is 13.3. The molecule has 244 valence electrons. The van der Waals surface area contributed by atoms with Crippen molar-refractivity contribution in [2.75, 3.05) is 0 Å². The van der Waals surface area contributed by atoms with Crippen molar-refractivity contribution in [1.29, 1.82) is 0 Å². The Labute approximate surface area is 255 Å². The molecule has 42 heavy (non-hydrogen) atoms. The zero-order valence-corrected chi connectivity index (χ0v) is 26.7. The van der Waals surface area contributed by atoms with Crippen LogP contribution in [-0.2, 0) is 19.0 Å². The van der Waals surface area contributed by atoms with Crippen molar-refractivity contribution < 1.29 is 34.3 Å². The van der Waals surface area contributed by atoms with E-state index in [1.165, 1.54) is 44.9 Å². The Hall–Kier alpha value is -0.990. The summed E-state index contributed by atoms with van der Waals surface area (Å²) in [5.74, 6) is -0.133. The lowest BCUT2D eigenvalue weighted by Gasteiger charge is -2.24. The molecule has 2 saturated heterocycles. The highest BCUT2D eigenvalue weighted by Gasteiger charge is 2.40. The van der Waals surface area contributed by atoms with Gasteiger partial charge < -0.3 is 29.5 Å². The van der Waals surface area contributed by atoms with E-state index in [0.717, 1.165) is 95.5 Å². The largest absolute Gasteiger partial charge is 0.455 e. The number of hydrogen-bond acceptors (Lipinski definition) is 7. The number of cyclic esters (lactones) is 1. The van der Waals surface area contributed by atoms with Crippen molar-refractivity contribution in [2.45, 2.75) is 204 Å². The molecule has 3 heterocycles. The number of aliphatic hydroxyl groups is 3. The Kier molecular flexibility index (Phi) is 17.0. The Bertz CT molecular complexity index is 770. The van der Waals surface area contributed by atoms with Crippen molar-refractivity contribution in [3.05, 3.63) is 11.6 Å². The van der Waals surface area contributed by atoms with Crippen LogP contribution in [0.15, 0.2) is 11.6 Å².